The molecule has 0 aliphatic heterocycles. The molecule has 0 spiro atoms. The Bertz CT molecular complexity index is 1470. The van der Waals surface area contributed by atoms with Gasteiger partial charge in [0.2, 0.25) is 0 Å². The van der Waals surface area contributed by atoms with Gasteiger partial charge in [0.05, 0.1) is 33.1 Å². The molecule has 44 heavy (non-hydrogen) atoms. The summed E-state index contributed by atoms with van der Waals surface area (Å²) in [7, 11) is -3.26. The normalized spacial score (nSPS) is 26.5. The van der Waals surface area contributed by atoms with Crippen LogP contribution < -0.4 is 10.1 Å². The second-order valence-corrected chi connectivity index (χ2v) is 14.4. The first-order valence-corrected chi connectivity index (χ1v) is 16.5. The number of hydrogen-bond donors (Lipinski definition) is 3. The van der Waals surface area contributed by atoms with Gasteiger partial charge in [-0.05, 0) is 76.0 Å². The van der Waals surface area contributed by atoms with E-state index in [9.17, 15) is 45.4 Å². The average molecular weight is 672 g/mol. The topological polar surface area (TPSA) is 131 Å². The van der Waals surface area contributed by atoms with Crippen molar-refractivity contribution in [2.75, 3.05) is 12.8 Å². The molecule has 246 valence electrons. The lowest BCUT2D eigenvalue weighted by atomic mass is 9.75. The van der Waals surface area contributed by atoms with Gasteiger partial charge in [-0.15, -0.1) is 0 Å². The predicted octanol–water partition coefficient (Wildman–Crippen LogP) is 5.21. The number of carbonyl (C=O) groups is 1. The Kier molecular flexibility index (Phi) is 9.94. The number of aliphatic hydroxyl groups is 2. The van der Waals surface area contributed by atoms with Gasteiger partial charge in [-0.3, -0.25) is 9.48 Å². The van der Waals surface area contributed by atoms with Crippen LogP contribution in [0.25, 0.3) is 11.3 Å². The molecule has 16 heteroatoms. The van der Waals surface area contributed by atoms with Crippen LogP contribution in [0.1, 0.15) is 74.3 Å². The van der Waals surface area contributed by atoms with Crippen molar-refractivity contribution in [3.8, 4) is 17.0 Å². The average Bonchev–Trinajstić information content (AvgIpc) is 3.27. The third-order valence-electron chi connectivity index (χ3n) is 8.72. The van der Waals surface area contributed by atoms with E-state index >= 15 is 0 Å². The molecular formula is C28H35ClF5N3O6S. The van der Waals surface area contributed by atoms with E-state index in [0.717, 1.165) is 12.3 Å². The molecule has 1 amide bonds. The van der Waals surface area contributed by atoms with Crippen LogP contribution in [-0.2, 0) is 22.0 Å². The van der Waals surface area contributed by atoms with Crippen molar-refractivity contribution in [3.63, 3.8) is 0 Å². The Hall–Kier alpha value is -2.49. The first-order chi connectivity index (χ1) is 20.4. The smallest absolute Gasteiger partial charge is 0.391 e. The zero-order valence-electron chi connectivity index (χ0n) is 24.1. The molecule has 1 aromatic carbocycles. The quantitative estimate of drug-likeness (QED) is 0.312. The number of nitrogens with zero attached hydrogens (tertiary/aromatic N) is 2. The van der Waals surface area contributed by atoms with E-state index in [1.165, 1.54) is 16.8 Å². The van der Waals surface area contributed by atoms with Gasteiger partial charge < -0.3 is 20.3 Å². The minimum Gasteiger partial charge on any atom is -0.434 e. The van der Waals surface area contributed by atoms with E-state index in [-0.39, 0.29) is 92.0 Å². The summed E-state index contributed by atoms with van der Waals surface area (Å²) < 4.78 is 96.2. The van der Waals surface area contributed by atoms with Crippen molar-refractivity contribution in [3.05, 3.63) is 34.5 Å². The van der Waals surface area contributed by atoms with Crippen LogP contribution in [0.2, 0.25) is 5.02 Å². The highest BCUT2D eigenvalue weighted by molar-refractivity contribution is 7.91. The van der Waals surface area contributed by atoms with Crippen molar-refractivity contribution < 1.29 is 50.1 Å². The number of alkyl halides is 5. The molecule has 0 atom stereocenters. The third-order valence-corrected chi connectivity index (χ3v) is 10.8. The fraction of sp³-hybridized carbons (Fsp3) is 0.643. The fourth-order valence-corrected chi connectivity index (χ4v) is 7.46. The van der Waals surface area contributed by atoms with E-state index < -0.39 is 56.7 Å². The first-order valence-electron chi connectivity index (χ1n) is 14.2. The van der Waals surface area contributed by atoms with Crippen molar-refractivity contribution in [2.45, 2.75) is 94.1 Å². The number of aromatic nitrogens is 2. The number of aryl methyl sites for hydroxylation is 1. The standard InChI is InChI=1S/C28H35ClF5N3O6S/c1-3-37-23(21(29)22(36-37)24(38)35-15-26(39)10-8-18(9-11-26)44(2,41)42)19-5-4-17(14-20(19)43-25(30)31)27(40)12-6-16(7-13-27)28(32,33)34/h4-5,14,16,18,25,39-40H,3,6-13,15H2,1-2H3,(H,35,38)/t16-,18-,26+,27+. The summed E-state index contributed by atoms with van der Waals surface area (Å²) in [5, 5.41) is 28.1. The second-order valence-electron chi connectivity index (χ2n) is 11.7. The summed E-state index contributed by atoms with van der Waals surface area (Å²) in [4.78, 5) is 13.1. The van der Waals surface area contributed by atoms with Crippen LogP contribution in [0.3, 0.4) is 0 Å². The maximum atomic E-state index is 13.5. The molecule has 1 aromatic heterocycles. The minimum absolute atomic E-state index is 0.0118. The zero-order chi connectivity index (χ0) is 32.7. The van der Waals surface area contributed by atoms with Crippen LogP contribution in [0.15, 0.2) is 18.2 Å². The first kappa shape index (κ1) is 34.4. The highest BCUT2D eigenvalue weighted by atomic mass is 35.5. The Labute approximate surface area is 256 Å². The number of halogens is 6. The highest BCUT2D eigenvalue weighted by Gasteiger charge is 2.46. The van der Waals surface area contributed by atoms with Gasteiger partial charge in [-0.1, -0.05) is 17.7 Å². The van der Waals surface area contributed by atoms with Crippen LogP contribution in [0.4, 0.5) is 22.0 Å². The molecule has 2 aromatic rings. The van der Waals surface area contributed by atoms with Crippen molar-refractivity contribution >= 4 is 27.3 Å². The van der Waals surface area contributed by atoms with E-state index in [1.807, 2.05) is 0 Å². The van der Waals surface area contributed by atoms with E-state index in [1.54, 1.807) is 6.92 Å². The fourth-order valence-electron chi connectivity index (χ4n) is 6.05. The van der Waals surface area contributed by atoms with Crippen LogP contribution in [0, 0.1) is 5.92 Å². The van der Waals surface area contributed by atoms with Gasteiger partial charge in [0.1, 0.15) is 15.6 Å². The number of benzene rings is 1. The molecule has 2 fully saturated rings. The summed E-state index contributed by atoms with van der Waals surface area (Å²) in [5.74, 6) is -2.74. The molecule has 2 aliphatic rings. The number of amides is 1. The summed E-state index contributed by atoms with van der Waals surface area (Å²) in [6, 6.07) is 3.87. The lowest BCUT2D eigenvalue weighted by Crippen LogP contribution is -2.47. The molecule has 4 rings (SSSR count). The van der Waals surface area contributed by atoms with Crippen LogP contribution >= 0.6 is 11.6 Å². The molecular weight excluding hydrogens is 637 g/mol. The molecule has 0 radical (unpaired) electrons. The van der Waals surface area contributed by atoms with E-state index in [0.29, 0.717) is 0 Å². The van der Waals surface area contributed by atoms with Crippen LogP contribution in [0.5, 0.6) is 5.75 Å². The van der Waals surface area contributed by atoms with Crippen molar-refractivity contribution in [1.29, 1.82) is 0 Å². The molecule has 2 aliphatic carbocycles. The molecule has 3 N–H and O–H groups in total. The van der Waals surface area contributed by atoms with Crippen LogP contribution in [-0.4, -0.2) is 70.8 Å². The van der Waals surface area contributed by atoms with Gasteiger partial charge in [0.15, 0.2) is 5.69 Å². The lowest BCUT2D eigenvalue weighted by Gasteiger charge is -2.37. The molecule has 9 nitrogen and oxygen atoms in total. The third kappa shape index (κ3) is 7.48. The SMILES string of the molecule is CCn1nc(C(=O)NC[C@]2(O)CC[C@@H](S(C)(=O)=O)CC2)c(Cl)c1-c1ccc([C@]2(O)CC[C@@H](C(F)(F)F)CC2)cc1OC(F)F. The van der Waals surface area contributed by atoms with Gasteiger partial charge in [-0.25, -0.2) is 8.42 Å². The number of hydrogen-bond acceptors (Lipinski definition) is 7. The molecule has 0 unspecified atom stereocenters. The van der Waals surface area contributed by atoms with Crippen molar-refractivity contribution in [1.82, 2.24) is 15.1 Å². The molecule has 2 saturated carbocycles. The van der Waals surface area contributed by atoms with Gasteiger partial charge in [0, 0.05) is 24.9 Å². The maximum Gasteiger partial charge on any atom is 0.391 e. The molecule has 0 saturated heterocycles. The molecule has 1 heterocycles. The number of nitrogens with one attached hydrogen (secondary N) is 1. The molecule has 0 bridgehead atoms. The van der Waals surface area contributed by atoms with Gasteiger partial charge >= 0.3 is 12.8 Å². The predicted molar refractivity (Wildman–Crippen MR) is 151 cm³/mol. The maximum absolute atomic E-state index is 13.5. The Balaban J connectivity index is 1.58. The Morgan fingerprint density at radius 3 is 2.30 bits per heavy atom. The second kappa shape index (κ2) is 12.7. The Morgan fingerprint density at radius 2 is 1.77 bits per heavy atom. The summed E-state index contributed by atoms with van der Waals surface area (Å²) in [6.45, 7) is -1.67. The number of rotatable bonds is 9. The zero-order valence-corrected chi connectivity index (χ0v) is 25.7. The summed E-state index contributed by atoms with van der Waals surface area (Å²) in [5.41, 5.74) is -3.12. The highest BCUT2D eigenvalue weighted by Crippen LogP contribution is 2.47. The lowest BCUT2D eigenvalue weighted by molar-refractivity contribution is -0.193. The number of ether oxygens (including phenoxy) is 1. The largest absolute Gasteiger partial charge is 0.434 e. The Morgan fingerprint density at radius 1 is 1.16 bits per heavy atom. The summed E-state index contributed by atoms with van der Waals surface area (Å²) >= 11 is 6.57. The van der Waals surface area contributed by atoms with Crippen molar-refractivity contribution in [2.24, 2.45) is 5.92 Å². The minimum atomic E-state index is -4.40. The summed E-state index contributed by atoms with van der Waals surface area (Å²) in [6.07, 6.45) is -3.60. The number of sulfone groups is 1. The van der Waals surface area contributed by atoms with Gasteiger partial charge in [-0.2, -0.15) is 27.1 Å². The number of carbonyl (C=O) groups excluding carboxylic acids is 1. The van der Waals surface area contributed by atoms with E-state index in [2.05, 4.69) is 10.4 Å². The van der Waals surface area contributed by atoms with E-state index in [4.69, 9.17) is 16.3 Å². The van der Waals surface area contributed by atoms with Gasteiger partial charge in [0.25, 0.3) is 5.91 Å². The monoisotopic (exact) mass is 671 g/mol.